The maximum Gasteiger partial charge on any atom is 0.274 e. The fraction of sp³-hybridized carbons (Fsp3) is 0.143. The van der Waals surface area contributed by atoms with Crippen LogP contribution in [-0.4, -0.2) is 20.8 Å². The zero-order valence-electron chi connectivity index (χ0n) is 15.8. The summed E-state index contributed by atoms with van der Waals surface area (Å²) in [6.07, 6.45) is 0. The first kappa shape index (κ1) is 18.9. The molecule has 146 valence electrons. The lowest BCUT2D eigenvalue weighted by atomic mass is 10.1. The van der Waals surface area contributed by atoms with Crippen molar-refractivity contribution < 1.29 is 9.32 Å². The largest absolute Gasteiger partial charge is 0.360 e. The maximum absolute atomic E-state index is 12.9. The lowest BCUT2D eigenvalue weighted by Crippen LogP contribution is -2.27. The number of benzene rings is 2. The van der Waals surface area contributed by atoms with Crippen molar-refractivity contribution in [1.82, 2.24) is 20.3 Å². The highest BCUT2D eigenvalue weighted by atomic mass is 35.5. The molecule has 0 aliphatic carbocycles. The lowest BCUT2D eigenvalue weighted by molar-refractivity contribution is 0.0949. The Hall–Kier alpha value is -3.45. The van der Waals surface area contributed by atoms with Crippen molar-refractivity contribution in [2.45, 2.75) is 13.5 Å². The minimum Gasteiger partial charge on any atom is -0.360 e. The molecule has 29 heavy (non-hydrogen) atoms. The van der Waals surface area contributed by atoms with Crippen LogP contribution >= 0.6 is 11.6 Å². The highest BCUT2D eigenvalue weighted by molar-refractivity contribution is 6.33. The van der Waals surface area contributed by atoms with E-state index in [4.69, 9.17) is 16.1 Å². The van der Waals surface area contributed by atoms with Gasteiger partial charge >= 0.3 is 0 Å². The number of nitrogens with one attached hydrogen (secondary N) is 1. The van der Waals surface area contributed by atoms with Gasteiger partial charge in [0.15, 0.2) is 0 Å². The number of carbonyl (C=O) groups is 1. The smallest absolute Gasteiger partial charge is 0.274 e. The molecule has 2 aromatic carbocycles. The first-order valence-electron chi connectivity index (χ1n) is 8.91. The van der Waals surface area contributed by atoms with E-state index in [0.29, 0.717) is 44.1 Å². The number of carbonyl (C=O) groups excluding carboxylic acids is 1. The number of rotatable bonds is 4. The summed E-state index contributed by atoms with van der Waals surface area (Å²) in [5.74, 6) is 0.0223. The molecule has 1 amide bonds. The van der Waals surface area contributed by atoms with Gasteiger partial charge in [-0.2, -0.15) is 5.10 Å². The minimum absolute atomic E-state index is 0.139. The van der Waals surface area contributed by atoms with Crippen LogP contribution in [-0.2, 0) is 13.6 Å². The van der Waals surface area contributed by atoms with E-state index in [1.165, 1.54) is 4.68 Å². The first-order chi connectivity index (χ1) is 14.0. The molecule has 0 radical (unpaired) electrons. The fourth-order valence-electron chi connectivity index (χ4n) is 3.24. The van der Waals surface area contributed by atoms with E-state index in [1.807, 2.05) is 18.2 Å². The third-order valence-electron chi connectivity index (χ3n) is 4.67. The van der Waals surface area contributed by atoms with E-state index in [2.05, 4.69) is 15.6 Å². The molecule has 4 aromatic rings. The molecule has 2 aromatic heterocycles. The van der Waals surface area contributed by atoms with Gasteiger partial charge in [0, 0.05) is 18.0 Å². The molecule has 0 aliphatic rings. The Morgan fingerprint density at radius 2 is 1.83 bits per heavy atom. The molecule has 0 aliphatic heterocycles. The molecule has 0 saturated carbocycles. The molecule has 2 heterocycles. The van der Waals surface area contributed by atoms with Crippen LogP contribution in [0.3, 0.4) is 0 Å². The molecule has 8 heteroatoms. The summed E-state index contributed by atoms with van der Waals surface area (Å²) in [5.41, 5.74) is 1.70. The average Bonchev–Trinajstić information content (AvgIpc) is 3.11. The molecule has 0 atom stereocenters. The van der Waals surface area contributed by atoms with E-state index in [9.17, 15) is 9.59 Å². The van der Waals surface area contributed by atoms with E-state index >= 15 is 0 Å². The van der Waals surface area contributed by atoms with Crippen LogP contribution in [0.4, 0.5) is 0 Å². The second kappa shape index (κ2) is 7.52. The Bertz CT molecular complexity index is 1290. The summed E-state index contributed by atoms with van der Waals surface area (Å²) in [6, 6.07) is 14.3. The van der Waals surface area contributed by atoms with Crippen LogP contribution in [0.25, 0.3) is 22.0 Å². The Morgan fingerprint density at radius 1 is 1.14 bits per heavy atom. The number of aromatic nitrogens is 3. The molecule has 0 fully saturated rings. The van der Waals surface area contributed by atoms with Gasteiger partial charge in [-0.05, 0) is 19.1 Å². The van der Waals surface area contributed by atoms with Gasteiger partial charge in [-0.1, -0.05) is 53.2 Å². The van der Waals surface area contributed by atoms with E-state index in [1.54, 1.807) is 44.3 Å². The zero-order valence-corrected chi connectivity index (χ0v) is 16.5. The van der Waals surface area contributed by atoms with Gasteiger partial charge in [0.1, 0.15) is 17.0 Å². The quantitative estimate of drug-likeness (QED) is 0.558. The van der Waals surface area contributed by atoms with Gasteiger partial charge in [-0.25, -0.2) is 4.68 Å². The van der Waals surface area contributed by atoms with Crippen molar-refractivity contribution in [3.05, 3.63) is 80.9 Å². The van der Waals surface area contributed by atoms with Gasteiger partial charge in [0.05, 0.1) is 22.6 Å². The number of amides is 1. The van der Waals surface area contributed by atoms with Crippen LogP contribution in [0.15, 0.2) is 57.8 Å². The minimum atomic E-state index is -0.363. The SMILES string of the molecule is Cc1onc(-c2ccccc2Cl)c1C(=O)NCc1nn(C)c(=O)c2ccccc12. The Balaban J connectivity index is 1.67. The molecule has 0 bridgehead atoms. The molecule has 0 saturated heterocycles. The van der Waals surface area contributed by atoms with E-state index in [-0.39, 0.29) is 18.0 Å². The van der Waals surface area contributed by atoms with Crippen LogP contribution in [0.1, 0.15) is 21.8 Å². The van der Waals surface area contributed by atoms with E-state index < -0.39 is 0 Å². The van der Waals surface area contributed by atoms with Crippen LogP contribution in [0, 0.1) is 6.92 Å². The Kier molecular flexibility index (Phi) is 4.90. The molecular formula is C21H17ClN4O3. The number of hydrogen-bond acceptors (Lipinski definition) is 5. The summed E-state index contributed by atoms with van der Waals surface area (Å²) in [6.45, 7) is 1.81. The molecule has 0 spiro atoms. The summed E-state index contributed by atoms with van der Waals surface area (Å²) in [4.78, 5) is 25.2. The van der Waals surface area contributed by atoms with Crippen LogP contribution < -0.4 is 10.9 Å². The standard InChI is InChI=1S/C21H17ClN4O3/c1-12-18(19(25-29-12)15-9-5-6-10-16(15)22)20(27)23-11-17-13-7-3-4-8-14(13)21(28)26(2)24-17/h3-10H,11H2,1-2H3,(H,23,27). The topological polar surface area (TPSA) is 90.0 Å². The Morgan fingerprint density at radius 3 is 2.59 bits per heavy atom. The number of fused-ring (bicyclic) bond motifs is 1. The van der Waals surface area contributed by atoms with Crippen LogP contribution in [0.2, 0.25) is 5.02 Å². The third-order valence-corrected chi connectivity index (χ3v) is 5.00. The van der Waals surface area contributed by atoms with Crippen molar-refractivity contribution >= 4 is 28.3 Å². The second-order valence-corrected chi connectivity index (χ2v) is 6.95. The van der Waals surface area contributed by atoms with Crippen molar-refractivity contribution in [3.8, 4) is 11.3 Å². The van der Waals surface area contributed by atoms with E-state index in [0.717, 1.165) is 0 Å². The molecule has 7 nitrogen and oxygen atoms in total. The Labute approximate surface area is 170 Å². The summed E-state index contributed by atoms with van der Waals surface area (Å²) in [7, 11) is 1.58. The lowest BCUT2D eigenvalue weighted by Gasteiger charge is -2.10. The van der Waals surface area contributed by atoms with Crippen molar-refractivity contribution in [3.63, 3.8) is 0 Å². The van der Waals surface area contributed by atoms with Crippen molar-refractivity contribution in [1.29, 1.82) is 0 Å². The van der Waals surface area contributed by atoms with Crippen molar-refractivity contribution in [2.75, 3.05) is 0 Å². The van der Waals surface area contributed by atoms with Gasteiger partial charge in [0.2, 0.25) is 0 Å². The molecule has 4 rings (SSSR count). The first-order valence-corrected chi connectivity index (χ1v) is 9.29. The number of hydrogen-bond donors (Lipinski definition) is 1. The maximum atomic E-state index is 12.9. The van der Waals surface area contributed by atoms with Gasteiger partial charge in [0.25, 0.3) is 11.5 Å². The number of halogens is 1. The summed E-state index contributed by atoms with van der Waals surface area (Å²) < 4.78 is 6.52. The highest BCUT2D eigenvalue weighted by Gasteiger charge is 2.23. The second-order valence-electron chi connectivity index (χ2n) is 6.55. The van der Waals surface area contributed by atoms with Gasteiger partial charge in [-0.15, -0.1) is 0 Å². The average molecular weight is 409 g/mol. The number of nitrogens with zero attached hydrogens (tertiary/aromatic N) is 3. The zero-order chi connectivity index (χ0) is 20.5. The van der Waals surface area contributed by atoms with Crippen LogP contribution in [0.5, 0.6) is 0 Å². The molecular weight excluding hydrogens is 392 g/mol. The normalized spacial score (nSPS) is 11.0. The monoisotopic (exact) mass is 408 g/mol. The van der Waals surface area contributed by atoms with Crippen molar-refractivity contribution in [2.24, 2.45) is 7.05 Å². The summed E-state index contributed by atoms with van der Waals surface area (Å²) >= 11 is 6.26. The fourth-order valence-corrected chi connectivity index (χ4v) is 3.46. The summed E-state index contributed by atoms with van der Waals surface area (Å²) in [5, 5.41) is 12.9. The predicted octanol–water partition coefficient (Wildman–Crippen LogP) is 3.48. The predicted molar refractivity (Wildman–Crippen MR) is 110 cm³/mol. The molecule has 1 N–H and O–H groups in total. The van der Waals surface area contributed by atoms with Gasteiger partial charge < -0.3 is 9.84 Å². The molecule has 0 unspecified atom stereocenters. The highest BCUT2D eigenvalue weighted by Crippen LogP contribution is 2.31. The van der Waals surface area contributed by atoms with Gasteiger partial charge in [-0.3, -0.25) is 9.59 Å². The number of aryl methyl sites for hydroxylation is 2. The third kappa shape index (κ3) is 3.40.